The van der Waals surface area contributed by atoms with Gasteiger partial charge in [-0.05, 0) is 76.6 Å². The lowest BCUT2D eigenvalue weighted by Crippen LogP contribution is -2.40. The number of hydrogen-bond donors (Lipinski definition) is 1. The predicted octanol–water partition coefficient (Wildman–Crippen LogP) is 3.95. The van der Waals surface area contributed by atoms with E-state index in [1.54, 1.807) is 6.92 Å². The molecule has 2 unspecified atom stereocenters. The minimum Gasteiger partial charge on any atom is -0.493 e. The van der Waals surface area contributed by atoms with Gasteiger partial charge in [0.25, 0.3) is 0 Å². The number of carbonyl (C=O) groups is 1. The Morgan fingerprint density at radius 1 is 1.27 bits per heavy atom. The maximum absolute atomic E-state index is 12.4. The summed E-state index contributed by atoms with van der Waals surface area (Å²) in [6.07, 6.45) is 10.7. The second kappa shape index (κ2) is 8.06. The largest absolute Gasteiger partial charge is 0.493 e. The van der Waals surface area contributed by atoms with Crippen LogP contribution in [-0.2, 0) is 11.2 Å². The average Bonchev–Trinajstić information content (AvgIpc) is 3.23. The van der Waals surface area contributed by atoms with Crippen LogP contribution in [0.5, 0.6) is 5.75 Å². The Morgan fingerprint density at radius 3 is 2.87 bits per heavy atom. The monoisotopic (exact) mass is 408 g/mol. The molecule has 1 aliphatic carbocycles. The lowest BCUT2D eigenvalue weighted by atomic mass is 9.92. The summed E-state index contributed by atoms with van der Waals surface area (Å²) < 4.78 is 8.59. The fourth-order valence-electron chi connectivity index (χ4n) is 4.98. The van der Waals surface area contributed by atoms with E-state index in [4.69, 9.17) is 4.74 Å². The first-order chi connectivity index (χ1) is 14.6. The normalized spacial score (nSPS) is 23.5. The van der Waals surface area contributed by atoms with E-state index in [0.29, 0.717) is 18.6 Å². The molecule has 1 amide bonds. The van der Waals surface area contributed by atoms with E-state index < -0.39 is 0 Å². The topological polar surface area (TPSA) is 59.4 Å². The molecular weight excluding hydrogens is 376 g/mol. The molecule has 1 saturated carbocycles. The van der Waals surface area contributed by atoms with E-state index in [9.17, 15) is 4.79 Å². The molecule has 5 rings (SSSR count). The van der Waals surface area contributed by atoms with Crippen LogP contribution in [0.1, 0.15) is 57.6 Å². The van der Waals surface area contributed by atoms with Crippen molar-refractivity contribution in [2.45, 2.75) is 64.5 Å². The summed E-state index contributed by atoms with van der Waals surface area (Å²) in [4.78, 5) is 14.3. The zero-order valence-corrected chi connectivity index (χ0v) is 18.1. The quantitative estimate of drug-likeness (QED) is 0.786. The molecule has 1 saturated heterocycles. The highest BCUT2D eigenvalue weighted by Gasteiger charge is 2.31. The molecule has 2 aliphatic heterocycles. The number of aromatic nitrogens is 2. The Balaban J connectivity index is 1.49. The van der Waals surface area contributed by atoms with Crippen LogP contribution in [0.25, 0.3) is 11.1 Å². The fraction of sp³-hybridized carbons (Fsp3) is 0.583. The van der Waals surface area contributed by atoms with Crippen LogP contribution in [0.15, 0.2) is 24.5 Å². The van der Waals surface area contributed by atoms with E-state index in [2.05, 4.69) is 40.4 Å². The number of ether oxygens (including phenoxy) is 1. The van der Waals surface area contributed by atoms with Crippen LogP contribution in [-0.4, -0.2) is 41.4 Å². The van der Waals surface area contributed by atoms with Gasteiger partial charge in [-0.15, -0.1) is 0 Å². The van der Waals surface area contributed by atoms with Crippen molar-refractivity contribution in [3.05, 3.63) is 30.1 Å². The van der Waals surface area contributed by atoms with Gasteiger partial charge in [0.1, 0.15) is 5.75 Å². The van der Waals surface area contributed by atoms with E-state index in [1.165, 1.54) is 24.8 Å². The van der Waals surface area contributed by atoms with Gasteiger partial charge < -0.3 is 15.0 Å². The summed E-state index contributed by atoms with van der Waals surface area (Å²) in [5.41, 5.74) is 4.39. The van der Waals surface area contributed by atoms with E-state index in [0.717, 1.165) is 54.9 Å². The molecular formula is C24H32N4O2. The molecule has 2 atom stereocenters. The second-order valence-corrected chi connectivity index (χ2v) is 9.15. The van der Waals surface area contributed by atoms with Gasteiger partial charge in [-0.1, -0.05) is 0 Å². The Bertz CT molecular complexity index is 927. The van der Waals surface area contributed by atoms with Gasteiger partial charge in [0, 0.05) is 35.9 Å². The van der Waals surface area contributed by atoms with Gasteiger partial charge in [-0.3, -0.25) is 9.48 Å². The first-order valence-corrected chi connectivity index (χ1v) is 11.5. The van der Waals surface area contributed by atoms with Crippen LogP contribution in [0.4, 0.5) is 5.69 Å². The van der Waals surface area contributed by atoms with Crippen LogP contribution in [0.2, 0.25) is 0 Å². The molecule has 1 aromatic heterocycles. The van der Waals surface area contributed by atoms with Gasteiger partial charge in [0.15, 0.2) is 0 Å². The molecule has 2 fully saturated rings. The molecule has 30 heavy (non-hydrogen) atoms. The maximum Gasteiger partial charge on any atom is 0.224 e. The predicted molar refractivity (Wildman–Crippen MR) is 118 cm³/mol. The highest BCUT2D eigenvalue weighted by Crippen LogP contribution is 2.44. The van der Waals surface area contributed by atoms with Gasteiger partial charge in [-0.2, -0.15) is 5.10 Å². The molecule has 3 heterocycles. The van der Waals surface area contributed by atoms with Gasteiger partial charge in [-0.25, -0.2) is 0 Å². The minimum absolute atomic E-state index is 0.0979. The van der Waals surface area contributed by atoms with Crippen molar-refractivity contribution in [1.29, 1.82) is 0 Å². The second-order valence-electron chi connectivity index (χ2n) is 9.15. The third-order valence-corrected chi connectivity index (χ3v) is 6.86. The van der Waals surface area contributed by atoms with Crippen LogP contribution < -0.4 is 15.0 Å². The van der Waals surface area contributed by atoms with Crippen LogP contribution in [0, 0.1) is 5.92 Å². The molecule has 160 valence electrons. The van der Waals surface area contributed by atoms with E-state index >= 15 is 0 Å². The number of nitrogens with zero attached hydrogens (tertiary/aromatic N) is 3. The molecule has 6 nitrogen and oxygen atoms in total. The van der Waals surface area contributed by atoms with Crippen molar-refractivity contribution >= 4 is 11.6 Å². The lowest BCUT2D eigenvalue weighted by molar-refractivity contribution is -0.117. The van der Waals surface area contributed by atoms with Crippen molar-refractivity contribution in [2.75, 3.05) is 24.6 Å². The summed E-state index contributed by atoms with van der Waals surface area (Å²) in [6.45, 7) is 6.70. The Labute approximate surface area is 178 Å². The summed E-state index contributed by atoms with van der Waals surface area (Å²) in [7, 11) is 0. The van der Waals surface area contributed by atoms with Crippen molar-refractivity contribution in [3.63, 3.8) is 0 Å². The standard InChI is InChI=1S/C24H32N4O2/c1-16-3-6-22-23(28(16)17(2)29)8-7-21(19-14-26-27(15-19)20-4-5-20)24(22)30-12-10-18-9-11-25-13-18/h7-8,14-16,18,20,25H,3-6,9-13H2,1-2H3. The van der Waals surface area contributed by atoms with Gasteiger partial charge in [0.2, 0.25) is 5.91 Å². The van der Waals surface area contributed by atoms with Gasteiger partial charge in [0.05, 0.1) is 24.5 Å². The van der Waals surface area contributed by atoms with Crippen molar-refractivity contribution in [3.8, 4) is 16.9 Å². The zero-order valence-electron chi connectivity index (χ0n) is 18.1. The SMILES string of the molecule is CC(=O)N1c2ccc(-c3cnn(C4CC4)c3)c(OCCC3CCNC3)c2CCC1C. The highest BCUT2D eigenvalue weighted by molar-refractivity contribution is 5.95. The molecule has 3 aliphatic rings. The van der Waals surface area contributed by atoms with Crippen molar-refractivity contribution < 1.29 is 9.53 Å². The number of anilines is 1. The van der Waals surface area contributed by atoms with Gasteiger partial charge >= 0.3 is 0 Å². The highest BCUT2D eigenvalue weighted by atomic mass is 16.5. The number of fused-ring (bicyclic) bond motifs is 1. The number of rotatable bonds is 6. The third-order valence-electron chi connectivity index (χ3n) is 6.86. The number of hydrogen-bond acceptors (Lipinski definition) is 4. The van der Waals surface area contributed by atoms with E-state index in [1.807, 2.05) is 11.1 Å². The lowest BCUT2D eigenvalue weighted by Gasteiger charge is -2.36. The number of carbonyl (C=O) groups excluding carboxylic acids is 1. The molecule has 0 bridgehead atoms. The first-order valence-electron chi connectivity index (χ1n) is 11.5. The van der Waals surface area contributed by atoms with Crippen LogP contribution >= 0.6 is 0 Å². The van der Waals surface area contributed by atoms with Crippen molar-refractivity contribution in [1.82, 2.24) is 15.1 Å². The number of nitrogens with one attached hydrogen (secondary N) is 1. The van der Waals surface area contributed by atoms with Crippen LogP contribution in [0.3, 0.4) is 0 Å². The average molecular weight is 409 g/mol. The van der Waals surface area contributed by atoms with Crippen molar-refractivity contribution in [2.24, 2.45) is 5.92 Å². The van der Waals surface area contributed by atoms with E-state index in [-0.39, 0.29) is 11.9 Å². The first kappa shape index (κ1) is 19.6. The fourth-order valence-corrected chi connectivity index (χ4v) is 4.98. The Kier molecular flexibility index (Phi) is 5.27. The molecule has 6 heteroatoms. The number of amides is 1. The third kappa shape index (κ3) is 3.73. The summed E-state index contributed by atoms with van der Waals surface area (Å²) in [6, 6.07) is 5.00. The minimum atomic E-state index is 0.0979. The Hall–Kier alpha value is -2.34. The Morgan fingerprint density at radius 2 is 2.13 bits per heavy atom. The molecule has 1 aromatic carbocycles. The maximum atomic E-state index is 12.4. The molecule has 0 spiro atoms. The molecule has 1 N–H and O–H groups in total. The summed E-state index contributed by atoms with van der Waals surface area (Å²) in [5.74, 6) is 1.74. The molecule has 0 radical (unpaired) electrons. The smallest absolute Gasteiger partial charge is 0.224 e. The summed E-state index contributed by atoms with van der Waals surface area (Å²) >= 11 is 0. The zero-order chi connectivity index (χ0) is 20.7. The molecule has 2 aromatic rings. The summed E-state index contributed by atoms with van der Waals surface area (Å²) in [5, 5.41) is 8.03. The number of benzene rings is 1.